The van der Waals surface area contributed by atoms with E-state index in [-0.39, 0.29) is 17.1 Å². The van der Waals surface area contributed by atoms with Crippen LogP contribution < -0.4 is 5.43 Å². The predicted octanol–water partition coefficient (Wildman–Crippen LogP) is 3.90. The first-order valence-electron chi connectivity index (χ1n) is 10.0. The third-order valence-corrected chi connectivity index (χ3v) is 6.78. The Kier molecular flexibility index (Phi) is 8.11. The summed E-state index contributed by atoms with van der Waals surface area (Å²) in [5.41, 5.74) is 4.43. The Morgan fingerprint density at radius 3 is 2.41 bits per heavy atom. The highest BCUT2D eigenvalue weighted by Crippen LogP contribution is 2.21. The van der Waals surface area contributed by atoms with E-state index in [1.807, 2.05) is 25.1 Å². The van der Waals surface area contributed by atoms with Gasteiger partial charge in [0, 0.05) is 23.7 Å². The van der Waals surface area contributed by atoms with Crippen LogP contribution >= 0.6 is 11.6 Å². The number of sulfonamides is 1. The Bertz CT molecular complexity index is 1310. The van der Waals surface area contributed by atoms with Gasteiger partial charge >= 0.3 is 0 Å². The Labute approximate surface area is 201 Å². The molecule has 0 radical (unpaired) electrons. The third kappa shape index (κ3) is 6.70. The maximum atomic E-state index is 13.3. The first kappa shape index (κ1) is 25.0. The van der Waals surface area contributed by atoms with E-state index in [0.717, 1.165) is 15.4 Å². The number of carbonyl (C=O) groups excluding carboxylic acids is 1. The Morgan fingerprint density at radius 1 is 1.12 bits per heavy atom. The third-order valence-electron chi connectivity index (χ3n) is 4.72. The number of hydrogen-bond acceptors (Lipinski definition) is 6. The fourth-order valence-electron chi connectivity index (χ4n) is 3.05. The predicted molar refractivity (Wildman–Crippen MR) is 129 cm³/mol. The van der Waals surface area contributed by atoms with E-state index >= 15 is 0 Å². The van der Waals surface area contributed by atoms with Crippen molar-refractivity contribution in [3.05, 3.63) is 105 Å². The number of nitrogens with one attached hydrogen (secondary N) is 1. The van der Waals surface area contributed by atoms with Gasteiger partial charge in [-0.2, -0.15) is 9.41 Å². The first-order valence-corrected chi connectivity index (χ1v) is 11.8. The number of hydrogen-bond donors (Lipinski definition) is 1. The Balaban J connectivity index is 1.76. The van der Waals surface area contributed by atoms with Crippen molar-refractivity contribution in [3.63, 3.8) is 0 Å². The highest BCUT2D eigenvalue weighted by molar-refractivity contribution is 7.89. The number of benzene rings is 3. The summed E-state index contributed by atoms with van der Waals surface area (Å²) < 4.78 is 27.6. The number of nitrogens with zero attached hydrogens (tertiary/aromatic N) is 3. The zero-order valence-electron chi connectivity index (χ0n) is 18.1. The van der Waals surface area contributed by atoms with Crippen molar-refractivity contribution in [2.24, 2.45) is 5.10 Å². The number of hydrazone groups is 1. The molecule has 3 aromatic carbocycles. The van der Waals surface area contributed by atoms with Crippen LogP contribution in [0.15, 0.2) is 82.8 Å². The van der Waals surface area contributed by atoms with Gasteiger partial charge in [-0.15, -0.1) is 0 Å². The minimum absolute atomic E-state index is 0.00624. The summed E-state index contributed by atoms with van der Waals surface area (Å²) in [6, 6.07) is 18.6. The molecular formula is C23H21ClN4O5S. The van der Waals surface area contributed by atoms with Gasteiger partial charge in [-0.05, 0) is 54.4 Å². The van der Waals surface area contributed by atoms with Crippen LogP contribution in [0.1, 0.15) is 16.7 Å². The van der Waals surface area contributed by atoms with Crippen molar-refractivity contribution < 1.29 is 18.1 Å². The largest absolute Gasteiger partial charge is 0.272 e. The molecule has 0 unspecified atom stereocenters. The highest BCUT2D eigenvalue weighted by atomic mass is 35.5. The molecule has 0 fully saturated rings. The molecule has 11 heteroatoms. The molecule has 0 aromatic heterocycles. The van der Waals surface area contributed by atoms with Gasteiger partial charge < -0.3 is 0 Å². The zero-order chi connectivity index (χ0) is 24.7. The fourth-order valence-corrected chi connectivity index (χ4v) is 4.56. The molecule has 0 saturated heterocycles. The fraction of sp³-hybridized carbons (Fsp3) is 0.130. The molecular weight excluding hydrogens is 480 g/mol. The molecule has 0 saturated carbocycles. The molecule has 0 spiro atoms. The molecule has 0 aliphatic carbocycles. The number of non-ortho nitro benzene ring substituents is 1. The van der Waals surface area contributed by atoms with E-state index in [4.69, 9.17) is 11.6 Å². The van der Waals surface area contributed by atoms with E-state index in [9.17, 15) is 23.3 Å². The van der Waals surface area contributed by atoms with Crippen LogP contribution in [0, 0.1) is 17.0 Å². The molecule has 0 atom stereocenters. The number of nitro groups is 1. The maximum Gasteiger partial charge on any atom is 0.269 e. The summed E-state index contributed by atoms with van der Waals surface area (Å²) in [7, 11) is -4.02. The number of halogens is 1. The van der Waals surface area contributed by atoms with Gasteiger partial charge in [-0.3, -0.25) is 14.9 Å². The smallest absolute Gasteiger partial charge is 0.269 e. The van der Waals surface area contributed by atoms with Crippen molar-refractivity contribution in [2.75, 3.05) is 6.54 Å². The van der Waals surface area contributed by atoms with Gasteiger partial charge in [0.1, 0.15) is 0 Å². The molecule has 0 aliphatic heterocycles. The monoisotopic (exact) mass is 500 g/mol. The number of aryl methyl sites for hydroxylation is 1. The minimum Gasteiger partial charge on any atom is -0.272 e. The van der Waals surface area contributed by atoms with Gasteiger partial charge in [0.2, 0.25) is 10.0 Å². The van der Waals surface area contributed by atoms with E-state index in [0.29, 0.717) is 10.6 Å². The van der Waals surface area contributed by atoms with Crippen LogP contribution in [0.2, 0.25) is 5.02 Å². The van der Waals surface area contributed by atoms with Crippen molar-refractivity contribution in [3.8, 4) is 0 Å². The molecule has 3 aromatic rings. The SMILES string of the molecule is Cc1cccc(CN(CC(=O)N/N=C\c2ccc([N+](=O)[O-])cc2)S(=O)(=O)c2ccc(Cl)cc2)c1. The van der Waals surface area contributed by atoms with Crippen LogP contribution in [-0.4, -0.2) is 36.3 Å². The van der Waals surface area contributed by atoms with Crippen molar-refractivity contribution in [2.45, 2.75) is 18.4 Å². The molecule has 9 nitrogen and oxygen atoms in total. The zero-order valence-corrected chi connectivity index (χ0v) is 19.7. The molecule has 1 N–H and O–H groups in total. The van der Waals surface area contributed by atoms with E-state index in [2.05, 4.69) is 10.5 Å². The Hall–Kier alpha value is -3.60. The molecule has 176 valence electrons. The summed E-state index contributed by atoms with van der Waals surface area (Å²) in [6.07, 6.45) is 1.31. The number of amides is 1. The lowest BCUT2D eigenvalue weighted by atomic mass is 10.1. The van der Waals surface area contributed by atoms with Crippen LogP contribution in [0.5, 0.6) is 0 Å². The number of rotatable bonds is 9. The van der Waals surface area contributed by atoms with E-state index in [1.54, 1.807) is 6.07 Å². The minimum atomic E-state index is -4.02. The summed E-state index contributed by atoms with van der Waals surface area (Å²) in [4.78, 5) is 22.7. The molecule has 3 rings (SSSR count). The maximum absolute atomic E-state index is 13.3. The van der Waals surface area contributed by atoms with Crippen LogP contribution in [0.4, 0.5) is 5.69 Å². The lowest BCUT2D eigenvalue weighted by molar-refractivity contribution is -0.384. The van der Waals surface area contributed by atoms with Crippen molar-refractivity contribution in [1.82, 2.24) is 9.73 Å². The normalized spacial score (nSPS) is 11.6. The van der Waals surface area contributed by atoms with Gasteiger partial charge in [-0.1, -0.05) is 41.4 Å². The summed E-state index contributed by atoms with van der Waals surface area (Å²) >= 11 is 5.88. The number of nitro benzene ring substituents is 1. The Morgan fingerprint density at radius 2 is 1.79 bits per heavy atom. The standard InChI is InChI=1S/C23H21ClN4O5S/c1-17-3-2-4-19(13-17)15-27(34(32,33)22-11-7-20(24)8-12-22)16-23(29)26-25-14-18-5-9-21(10-6-18)28(30)31/h2-14H,15-16H2,1H3,(H,26,29)/b25-14-. The van der Waals surface area contributed by atoms with Crippen LogP contribution in [0.25, 0.3) is 0 Å². The summed E-state index contributed by atoms with van der Waals surface area (Å²) in [5.74, 6) is -0.650. The van der Waals surface area contributed by atoms with Gasteiger partial charge in [0.05, 0.1) is 22.6 Å². The first-order chi connectivity index (χ1) is 16.1. The average Bonchev–Trinajstić information content (AvgIpc) is 2.79. The second kappa shape index (κ2) is 11.0. The number of carbonyl (C=O) groups is 1. The van der Waals surface area contributed by atoms with Crippen LogP contribution in [-0.2, 0) is 21.4 Å². The average molecular weight is 501 g/mol. The topological polar surface area (TPSA) is 122 Å². The van der Waals surface area contributed by atoms with Crippen LogP contribution in [0.3, 0.4) is 0 Å². The van der Waals surface area contributed by atoms with Crippen molar-refractivity contribution in [1.29, 1.82) is 0 Å². The highest BCUT2D eigenvalue weighted by Gasteiger charge is 2.27. The summed E-state index contributed by atoms with van der Waals surface area (Å²) in [5, 5.41) is 14.9. The van der Waals surface area contributed by atoms with Gasteiger partial charge in [-0.25, -0.2) is 13.8 Å². The van der Waals surface area contributed by atoms with Crippen molar-refractivity contribution >= 4 is 39.4 Å². The molecule has 0 heterocycles. The molecule has 1 amide bonds. The van der Waals surface area contributed by atoms with Gasteiger partial charge in [0.25, 0.3) is 11.6 Å². The molecule has 0 bridgehead atoms. The van der Waals surface area contributed by atoms with Gasteiger partial charge in [0.15, 0.2) is 0 Å². The molecule has 0 aliphatic rings. The van der Waals surface area contributed by atoms with E-state index < -0.39 is 27.4 Å². The second-order valence-corrected chi connectivity index (χ2v) is 9.73. The second-order valence-electron chi connectivity index (χ2n) is 7.36. The molecule has 34 heavy (non-hydrogen) atoms. The lowest BCUT2D eigenvalue weighted by Gasteiger charge is -2.21. The summed E-state index contributed by atoms with van der Waals surface area (Å²) in [6.45, 7) is 1.39. The van der Waals surface area contributed by atoms with E-state index in [1.165, 1.54) is 54.7 Å². The lowest BCUT2D eigenvalue weighted by Crippen LogP contribution is -2.39. The quantitative estimate of drug-likeness (QED) is 0.271.